The van der Waals surface area contributed by atoms with Gasteiger partial charge in [-0.15, -0.1) is 0 Å². The fourth-order valence-electron chi connectivity index (χ4n) is 3.08. The van der Waals surface area contributed by atoms with Crippen LogP contribution in [0.2, 0.25) is 0 Å². The molecule has 1 fully saturated rings. The van der Waals surface area contributed by atoms with Crippen molar-refractivity contribution in [1.29, 1.82) is 0 Å². The van der Waals surface area contributed by atoms with Gasteiger partial charge in [-0.1, -0.05) is 17.7 Å². The lowest BCUT2D eigenvalue weighted by Gasteiger charge is -2.32. The zero-order valence-corrected chi connectivity index (χ0v) is 14.5. The van der Waals surface area contributed by atoms with Crippen LogP contribution in [0.15, 0.2) is 42.5 Å². The van der Waals surface area contributed by atoms with Gasteiger partial charge in [0.15, 0.2) is 0 Å². The van der Waals surface area contributed by atoms with Crippen LogP contribution in [-0.2, 0) is 4.79 Å². The number of aryl methyl sites for hydroxylation is 1. The number of anilines is 1. The molecule has 0 aromatic heterocycles. The van der Waals surface area contributed by atoms with E-state index in [1.165, 1.54) is 6.07 Å². The highest BCUT2D eigenvalue weighted by Crippen LogP contribution is 2.22. The molecule has 6 heteroatoms. The molecule has 26 heavy (non-hydrogen) atoms. The summed E-state index contributed by atoms with van der Waals surface area (Å²) in [6.07, 6.45) is 1.31. The maximum Gasteiger partial charge on any atom is 0.253 e. The van der Waals surface area contributed by atoms with E-state index in [1.807, 2.05) is 19.1 Å². The van der Waals surface area contributed by atoms with Gasteiger partial charge < -0.3 is 10.2 Å². The standard InChI is InChI=1S/C20H20F2N2O2/c1-13-4-6-14(7-5-13)20(26)24-10-2-3-15(12-24)19(25)23-18-9-8-16(21)11-17(18)22/h4-9,11,15H,2-3,10,12H2,1H3,(H,23,25). The van der Waals surface area contributed by atoms with E-state index in [0.717, 1.165) is 17.7 Å². The molecule has 1 atom stereocenters. The summed E-state index contributed by atoms with van der Waals surface area (Å²) in [5, 5.41) is 2.50. The summed E-state index contributed by atoms with van der Waals surface area (Å²) in [6, 6.07) is 10.3. The smallest absolute Gasteiger partial charge is 0.253 e. The lowest BCUT2D eigenvalue weighted by Crippen LogP contribution is -2.43. The minimum Gasteiger partial charge on any atom is -0.338 e. The molecule has 2 aromatic rings. The van der Waals surface area contributed by atoms with Crippen molar-refractivity contribution in [2.75, 3.05) is 18.4 Å². The molecule has 0 spiro atoms. The van der Waals surface area contributed by atoms with Gasteiger partial charge >= 0.3 is 0 Å². The predicted octanol–water partition coefficient (Wildman–Crippen LogP) is 3.76. The van der Waals surface area contributed by atoms with Crippen LogP contribution in [-0.4, -0.2) is 29.8 Å². The van der Waals surface area contributed by atoms with Crippen LogP contribution < -0.4 is 5.32 Å². The second-order valence-electron chi connectivity index (χ2n) is 6.57. The van der Waals surface area contributed by atoms with Gasteiger partial charge in [-0.2, -0.15) is 0 Å². The second kappa shape index (κ2) is 7.64. The van der Waals surface area contributed by atoms with Crippen LogP contribution in [0.5, 0.6) is 0 Å². The summed E-state index contributed by atoms with van der Waals surface area (Å²) < 4.78 is 26.7. The number of carbonyl (C=O) groups is 2. The molecular formula is C20H20F2N2O2. The molecular weight excluding hydrogens is 338 g/mol. The molecule has 1 unspecified atom stereocenters. The van der Waals surface area contributed by atoms with Gasteiger partial charge in [0.1, 0.15) is 11.6 Å². The first-order chi connectivity index (χ1) is 12.4. The normalized spacial score (nSPS) is 17.0. The van der Waals surface area contributed by atoms with Gasteiger partial charge in [-0.05, 0) is 44.0 Å². The van der Waals surface area contributed by atoms with Crippen molar-refractivity contribution >= 4 is 17.5 Å². The predicted molar refractivity (Wildman–Crippen MR) is 94.8 cm³/mol. The molecule has 2 amide bonds. The molecule has 1 aliphatic heterocycles. The number of carbonyl (C=O) groups excluding carboxylic acids is 2. The third-order valence-corrected chi connectivity index (χ3v) is 4.57. The fourth-order valence-corrected chi connectivity index (χ4v) is 3.08. The van der Waals surface area contributed by atoms with E-state index in [0.29, 0.717) is 24.9 Å². The first-order valence-corrected chi connectivity index (χ1v) is 8.56. The molecule has 0 radical (unpaired) electrons. The maximum atomic E-state index is 13.7. The number of nitrogens with zero attached hydrogens (tertiary/aromatic N) is 1. The largest absolute Gasteiger partial charge is 0.338 e. The van der Waals surface area contributed by atoms with Gasteiger partial charge in [0.25, 0.3) is 5.91 Å². The van der Waals surface area contributed by atoms with E-state index in [2.05, 4.69) is 5.32 Å². The van der Waals surface area contributed by atoms with Gasteiger partial charge in [0.2, 0.25) is 5.91 Å². The molecule has 4 nitrogen and oxygen atoms in total. The number of hydrogen-bond donors (Lipinski definition) is 1. The number of likely N-dealkylation sites (tertiary alicyclic amines) is 1. The Balaban J connectivity index is 1.66. The average molecular weight is 358 g/mol. The highest BCUT2D eigenvalue weighted by molar-refractivity contribution is 5.96. The number of halogens is 2. The molecule has 0 aliphatic carbocycles. The number of nitrogens with one attached hydrogen (secondary N) is 1. The van der Waals surface area contributed by atoms with E-state index in [1.54, 1.807) is 17.0 Å². The Kier molecular flexibility index (Phi) is 5.30. The Hall–Kier alpha value is -2.76. The van der Waals surface area contributed by atoms with Crippen molar-refractivity contribution in [3.63, 3.8) is 0 Å². The SMILES string of the molecule is Cc1ccc(C(=O)N2CCCC(C(=O)Nc3ccc(F)cc3F)C2)cc1. The zero-order chi connectivity index (χ0) is 18.7. The molecule has 2 aromatic carbocycles. The Morgan fingerprint density at radius 1 is 1.12 bits per heavy atom. The molecule has 1 N–H and O–H groups in total. The van der Waals surface area contributed by atoms with Crippen LogP contribution in [0.4, 0.5) is 14.5 Å². The number of piperidine rings is 1. The van der Waals surface area contributed by atoms with Crippen molar-refractivity contribution in [3.05, 3.63) is 65.2 Å². The van der Waals surface area contributed by atoms with Crippen LogP contribution >= 0.6 is 0 Å². The van der Waals surface area contributed by atoms with E-state index in [9.17, 15) is 18.4 Å². The number of benzene rings is 2. The Morgan fingerprint density at radius 3 is 2.54 bits per heavy atom. The highest BCUT2D eigenvalue weighted by Gasteiger charge is 2.29. The highest BCUT2D eigenvalue weighted by atomic mass is 19.1. The van der Waals surface area contributed by atoms with Crippen LogP contribution in [0.1, 0.15) is 28.8 Å². The number of amides is 2. The van der Waals surface area contributed by atoms with Crippen LogP contribution in [0.25, 0.3) is 0 Å². The Labute approximate surface area is 150 Å². The zero-order valence-electron chi connectivity index (χ0n) is 14.5. The summed E-state index contributed by atoms with van der Waals surface area (Å²) in [6.45, 7) is 2.81. The van der Waals surface area contributed by atoms with E-state index in [4.69, 9.17) is 0 Å². The molecule has 3 rings (SSSR count). The third-order valence-electron chi connectivity index (χ3n) is 4.57. The second-order valence-corrected chi connectivity index (χ2v) is 6.57. The van der Waals surface area contributed by atoms with Crippen LogP contribution in [0, 0.1) is 24.5 Å². The lowest BCUT2D eigenvalue weighted by atomic mass is 9.96. The third kappa shape index (κ3) is 4.07. The Morgan fingerprint density at radius 2 is 1.85 bits per heavy atom. The van der Waals surface area contributed by atoms with Crippen molar-refractivity contribution in [2.24, 2.45) is 5.92 Å². The number of hydrogen-bond acceptors (Lipinski definition) is 2. The van der Waals surface area contributed by atoms with Gasteiger partial charge in [-0.3, -0.25) is 9.59 Å². The lowest BCUT2D eigenvalue weighted by molar-refractivity contribution is -0.121. The van der Waals surface area contributed by atoms with Crippen molar-refractivity contribution < 1.29 is 18.4 Å². The molecule has 136 valence electrons. The minimum absolute atomic E-state index is 0.0571. The topological polar surface area (TPSA) is 49.4 Å². The van der Waals surface area contributed by atoms with Crippen LogP contribution in [0.3, 0.4) is 0 Å². The monoisotopic (exact) mass is 358 g/mol. The molecule has 0 bridgehead atoms. The van der Waals surface area contributed by atoms with Crippen molar-refractivity contribution in [3.8, 4) is 0 Å². The van der Waals surface area contributed by atoms with E-state index in [-0.39, 0.29) is 24.0 Å². The summed E-state index contributed by atoms with van der Waals surface area (Å²) in [5.41, 5.74) is 1.60. The van der Waals surface area contributed by atoms with Gasteiger partial charge in [-0.25, -0.2) is 8.78 Å². The molecule has 1 aliphatic rings. The Bertz CT molecular complexity index is 821. The van der Waals surface area contributed by atoms with Crippen molar-refractivity contribution in [2.45, 2.75) is 19.8 Å². The summed E-state index contributed by atoms with van der Waals surface area (Å²) >= 11 is 0. The summed E-state index contributed by atoms with van der Waals surface area (Å²) in [7, 11) is 0. The van der Waals surface area contributed by atoms with E-state index < -0.39 is 17.6 Å². The molecule has 0 saturated carbocycles. The van der Waals surface area contributed by atoms with E-state index >= 15 is 0 Å². The maximum absolute atomic E-state index is 13.7. The van der Waals surface area contributed by atoms with Crippen molar-refractivity contribution in [1.82, 2.24) is 4.90 Å². The summed E-state index contributed by atoms with van der Waals surface area (Å²) in [5.74, 6) is -2.43. The minimum atomic E-state index is -0.818. The molecule has 1 heterocycles. The fraction of sp³-hybridized carbons (Fsp3) is 0.300. The molecule has 1 saturated heterocycles. The first kappa shape index (κ1) is 18.0. The quantitative estimate of drug-likeness (QED) is 0.908. The van der Waals surface area contributed by atoms with Gasteiger partial charge in [0.05, 0.1) is 11.6 Å². The van der Waals surface area contributed by atoms with Gasteiger partial charge in [0, 0.05) is 24.7 Å². The summed E-state index contributed by atoms with van der Waals surface area (Å²) in [4.78, 5) is 26.7. The number of rotatable bonds is 3. The first-order valence-electron chi connectivity index (χ1n) is 8.56. The average Bonchev–Trinajstić information content (AvgIpc) is 2.64.